The number of allylic oxidation sites excluding steroid dienone is 1. The van der Waals surface area contributed by atoms with Crippen molar-refractivity contribution in [3.63, 3.8) is 0 Å². The van der Waals surface area contributed by atoms with Gasteiger partial charge in [-0.3, -0.25) is 0 Å². The van der Waals surface area contributed by atoms with Crippen molar-refractivity contribution in [3.05, 3.63) is 120 Å². The van der Waals surface area contributed by atoms with Crippen LogP contribution in [-0.4, -0.2) is 42.3 Å². The number of aliphatic hydroxyl groups is 1. The molecule has 2 N–H and O–H groups in total. The topological polar surface area (TPSA) is 41.5 Å². The number of ether oxygens (including phenoxy) is 1. The molecule has 1 aliphatic rings. The largest absolute Gasteiger partial charge is 0.395 e. The molecule has 176 valence electrons. The van der Waals surface area contributed by atoms with Crippen LogP contribution in [0.25, 0.3) is 0 Å². The summed E-state index contributed by atoms with van der Waals surface area (Å²) < 4.78 is 5.62. The van der Waals surface area contributed by atoms with Gasteiger partial charge in [0.2, 0.25) is 0 Å². The first kappa shape index (κ1) is 27.0. The average molecular weight is 511 g/mol. The summed E-state index contributed by atoms with van der Waals surface area (Å²) in [6.07, 6.45) is 5.15. The van der Waals surface area contributed by atoms with Crippen molar-refractivity contribution in [1.29, 1.82) is 0 Å². The minimum atomic E-state index is 0.185. The van der Waals surface area contributed by atoms with Crippen molar-refractivity contribution in [3.8, 4) is 0 Å². The SMILES string of the molecule is C=CCc1ccccc1.OCC(Br)Cc1ccccc1.c1ccc(CC2CNCCO2)cc1. The summed E-state index contributed by atoms with van der Waals surface area (Å²) in [7, 11) is 0. The Balaban J connectivity index is 0.000000178. The van der Waals surface area contributed by atoms with Gasteiger partial charge >= 0.3 is 0 Å². The van der Waals surface area contributed by atoms with E-state index in [-0.39, 0.29) is 11.4 Å². The Hall–Kier alpha value is -2.24. The van der Waals surface area contributed by atoms with Gasteiger partial charge in [0, 0.05) is 17.9 Å². The van der Waals surface area contributed by atoms with Gasteiger partial charge in [-0.05, 0) is 36.0 Å². The molecule has 0 aliphatic carbocycles. The maximum absolute atomic E-state index is 8.75. The van der Waals surface area contributed by atoms with Gasteiger partial charge in [0.25, 0.3) is 0 Å². The van der Waals surface area contributed by atoms with E-state index in [9.17, 15) is 0 Å². The lowest BCUT2D eigenvalue weighted by Gasteiger charge is -2.23. The highest BCUT2D eigenvalue weighted by Gasteiger charge is 2.13. The number of morpholine rings is 1. The lowest BCUT2D eigenvalue weighted by atomic mass is 10.1. The Morgan fingerprint density at radius 1 is 0.909 bits per heavy atom. The zero-order valence-electron chi connectivity index (χ0n) is 19.3. The number of alkyl halides is 1. The molecular weight excluding hydrogens is 474 g/mol. The molecule has 2 atom stereocenters. The van der Waals surface area contributed by atoms with Crippen LogP contribution in [0.5, 0.6) is 0 Å². The maximum atomic E-state index is 8.75. The van der Waals surface area contributed by atoms with Gasteiger partial charge in [-0.1, -0.05) is 113 Å². The number of aliphatic hydroxyl groups excluding tert-OH is 1. The predicted molar refractivity (Wildman–Crippen MR) is 143 cm³/mol. The molecule has 0 saturated carbocycles. The van der Waals surface area contributed by atoms with Crippen molar-refractivity contribution < 1.29 is 9.84 Å². The van der Waals surface area contributed by atoms with E-state index in [2.05, 4.69) is 76.4 Å². The molecule has 0 aromatic heterocycles. The molecule has 33 heavy (non-hydrogen) atoms. The number of benzene rings is 3. The second kappa shape index (κ2) is 17.3. The van der Waals surface area contributed by atoms with Crippen LogP contribution in [0.15, 0.2) is 104 Å². The van der Waals surface area contributed by atoms with Crippen LogP contribution in [0.3, 0.4) is 0 Å². The lowest BCUT2D eigenvalue weighted by Crippen LogP contribution is -2.39. The molecule has 4 heteroatoms. The van der Waals surface area contributed by atoms with Crippen LogP contribution in [0.4, 0.5) is 0 Å². The van der Waals surface area contributed by atoms with E-state index in [0.717, 1.165) is 39.0 Å². The first-order valence-corrected chi connectivity index (χ1v) is 12.4. The predicted octanol–water partition coefficient (Wildman–Crippen LogP) is 5.62. The van der Waals surface area contributed by atoms with Crippen LogP contribution in [-0.2, 0) is 24.0 Å². The molecule has 1 saturated heterocycles. The van der Waals surface area contributed by atoms with Gasteiger partial charge in [0.05, 0.1) is 19.3 Å². The summed E-state index contributed by atoms with van der Waals surface area (Å²) in [5.74, 6) is 0. The van der Waals surface area contributed by atoms with E-state index in [4.69, 9.17) is 9.84 Å². The van der Waals surface area contributed by atoms with Gasteiger partial charge in [-0.15, -0.1) is 6.58 Å². The number of halogens is 1. The first-order chi connectivity index (χ1) is 16.2. The fraction of sp³-hybridized carbons (Fsp3) is 0.310. The number of hydrogen-bond donors (Lipinski definition) is 2. The molecule has 0 spiro atoms. The van der Waals surface area contributed by atoms with Crippen molar-refractivity contribution in [2.45, 2.75) is 30.2 Å². The molecule has 1 heterocycles. The Labute approximate surface area is 207 Å². The fourth-order valence-corrected chi connectivity index (χ4v) is 3.72. The molecular formula is C29H36BrNO2. The van der Waals surface area contributed by atoms with Gasteiger partial charge in [0.1, 0.15) is 0 Å². The summed E-state index contributed by atoms with van der Waals surface area (Å²) in [6.45, 7) is 6.66. The van der Waals surface area contributed by atoms with E-state index in [1.165, 1.54) is 16.7 Å². The standard InChI is InChI=1S/C11H15NO.C9H11BrO.C9H10/c1-2-4-10(5-3-1)8-11-9-12-6-7-13-11;10-9(7-11)6-8-4-2-1-3-5-8;1-2-6-9-7-4-3-5-8-9/h1-5,11-12H,6-9H2;1-5,9,11H,6-7H2;2-5,7-8H,1,6H2. The summed E-state index contributed by atoms with van der Waals surface area (Å²) in [5, 5.41) is 12.1. The third kappa shape index (κ3) is 12.5. The first-order valence-electron chi connectivity index (χ1n) is 11.5. The quantitative estimate of drug-likeness (QED) is 0.320. The third-order valence-electron chi connectivity index (χ3n) is 5.03. The average Bonchev–Trinajstić information content (AvgIpc) is 2.87. The molecule has 0 amide bonds. The second-order valence-electron chi connectivity index (χ2n) is 7.83. The van der Waals surface area contributed by atoms with Crippen molar-refractivity contribution in [1.82, 2.24) is 5.32 Å². The second-order valence-corrected chi connectivity index (χ2v) is 9.13. The van der Waals surface area contributed by atoms with Gasteiger partial charge in [-0.2, -0.15) is 0 Å². The number of nitrogens with one attached hydrogen (secondary N) is 1. The highest BCUT2D eigenvalue weighted by atomic mass is 79.9. The highest BCUT2D eigenvalue weighted by molar-refractivity contribution is 9.09. The minimum absolute atomic E-state index is 0.185. The Morgan fingerprint density at radius 2 is 1.45 bits per heavy atom. The minimum Gasteiger partial charge on any atom is -0.395 e. The van der Waals surface area contributed by atoms with Crippen molar-refractivity contribution in [2.75, 3.05) is 26.3 Å². The Bertz CT molecular complexity index is 853. The van der Waals surface area contributed by atoms with E-state index >= 15 is 0 Å². The molecule has 3 aromatic carbocycles. The normalized spacial score (nSPS) is 15.8. The smallest absolute Gasteiger partial charge is 0.0740 e. The van der Waals surface area contributed by atoms with Crippen LogP contribution in [0.1, 0.15) is 16.7 Å². The Morgan fingerprint density at radius 3 is 1.94 bits per heavy atom. The van der Waals surface area contributed by atoms with E-state index in [1.54, 1.807) is 0 Å². The number of rotatable bonds is 7. The molecule has 0 radical (unpaired) electrons. The highest BCUT2D eigenvalue weighted by Crippen LogP contribution is 2.09. The van der Waals surface area contributed by atoms with Crippen molar-refractivity contribution in [2.24, 2.45) is 0 Å². The monoisotopic (exact) mass is 509 g/mol. The molecule has 1 fully saturated rings. The van der Waals surface area contributed by atoms with E-state index in [0.29, 0.717) is 6.10 Å². The van der Waals surface area contributed by atoms with E-state index in [1.807, 2.05) is 48.5 Å². The lowest BCUT2D eigenvalue weighted by molar-refractivity contribution is 0.0292. The van der Waals surface area contributed by atoms with Gasteiger partial charge in [0.15, 0.2) is 0 Å². The van der Waals surface area contributed by atoms with Crippen LogP contribution in [0, 0.1) is 0 Å². The van der Waals surface area contributed by atoms with Gasteiger partial charge < -0.3 is 15.2 Å². The molecule has 3 nitrogen and oxygen atoms in total. The molecule has 3 aromatic rings. The van der Waals surface area contributed by atoms with E-state index < -0.39 is 0 Å². The summed E-state index contributed by atoms with van der Waals surface area (Å²) >= 11 is 3.36. The van der Waals surface area contributed by atoms with Crippen LogP contribution in [0.2, 0.25) is 0 Å². The number of hydrogen-bond acceptors (Lipinski definition) is 3. The van der Waals surface area contributed by atoms with Crippen LogP contribution < -0.4 is 5.32 Å². The fourth-order valence-electron chi connectivity index (χ4n) is 3.34. The molecule has 4 rings (SSSR count). The molecule has 1 aliphatic heterocycles. The van der Waals surface area contributed by atoms with Crippen LogP contribution >= 0.6 is 15.9 Å². The summed E-state index contributed by atoms with van der Waals surface area (Å²) in [5.41, 5.74) is 3.94. The molecule has 2 unspecified atom stereocenters. The summed E-state index contributed by atoms with van der Waals surface area (Å²) in [4.78, 5) is 0.185. The zero-order chi connectivity index (χ0) is 23.6. The third-order valence-corrected chi connectivity index (χ3v) is 5.64. The summed E-state index contributed by atoms with van der Waals surface area (Å²) in [6, 6.07) is 30.9. The zero-order valence-corrected chi connectivity index (χ0v) is 20.9. The van der Waals surface area contributed by atoms with Crippen molar-refractivity contribution >= 4 is 15.9 Å². The maximum Gasteiger partial charge on any atom is 0.0740 e. The Kier molecular flexibility index (Phi) is 14.1. The van der Waals surface area contributed by atoms with Gasteiger partial charge in [-0.25, -0.2) is 0 Å². The molecule has 0 bridgehead atoms.